The second-order valence-corrected chi connectivity index (χ2v) is 6.66. The van der Waals surface area contributed by atoms with Gasteiger partial charge in [0.25, 0.3) is 0 Å². The normalized spacial score (nSPS) is 13.2. The molecule has 1 N–H and O–H groups in total. The Morgan fingerprint density at radius 3 is 1.90 bits per heavy atom. The molecule has 1 rings (SSSR count). The van der Waals surface area contributed by atoms with Crippen LogP contribution in [0.1, 0.15) is 63.1 Å². The molecule has 0 amide bonds. The Hall–Kier alpha value is -0.820. The summed E-state index contributed by atoms with van der Waals surface area (Å²) in [6.07, 6.45) is 2.52. The van der Waals surface area contributed by atoms with E-state index in [1.54, 1.807) is 0 Å². The molecule has 1 heteroatoms. The van der Waals surface area contributed by atoms with Crippen molar-refractivity contribution in [3.8, 4) is 0 Å². The Bertz CT molecular complexity index is 371. The molecule has 1 aromatic carbocycles. The fourth-order valence-electron chi connectivity index (χ4n) is 3.17. The van der Waals surface area contributed by atoms with E-state index in [9.17, 15) is 0 Å². The number of hydrogen-bond donors (Lipinski definition) is 1. The zero-order chi connectivity index (χ0) is 15.1. The summed E-state index contributed by atoms with van der Waals surface area (Å²) in [5.41, 5.74) is 4.30. The zero-order valence-corrected chi connectivity index (χ0v) is 14.3. The lowest BCUT2D eigenvalue weighted by molar-refractivity contribution is 0.372. The molecular formula is C19H33N. The quantitative estimate of drug-likeness (QED) is 0.698. The van der Waals surface area contributed by atoms with Gasteiger partial charge in [0.05, 0.1) is 0 Å². The van der Waals surface area contributed by atoms with E-state index in [0.717, 1.165) is 24.9 Å². The first-order chi connectivity index (χ1) is 9.47. The largest absolute Gasteiger partial charge is 0.316 e. The van der Waals surface area contributed by atoms with Gasteiger partial charge in [0.2, 0.25) is 0 Å². The van der Waals surface area contributed by atoms with Gasteiger partial charge < -0.3 is 5.32 Å². The monoisotopic (exact) mass is 275 g/mol. The second kappa shape index (κ2) is 8.46. The van der Waals surface area contributed by atoms with Gasteiger partial charge in [0.1, 0.15) is 0 Å². The van der Waals surface area contributed by atoms with Crippen molar-refractivity contribution < 1.29 is 0 Å². The van der Waals surface area contributed by atoms with Gasteiger partial charge in [0, 0.05) is 6.54 Å². The van der Waals surface area contributed by atoms with Gasteiger partial charge in [-0.05, 0) is 43.7 Å². The van der Waals surface area contributed by atoms with Crippen LogP contribution in [0.25, 0.3) is 0 Å². The number of benzene rings is 1. The number of nitrogens with one attached hydrogen (secondary N) is 1. The maximum Gasteiger partial charge on any atom is 0.00229 e. The molecule has 0 aromatic heterocycles. The van der Waals surface area contributed by atoms with E-state index in [4.69, 9.17) is 0 Å². The highest BCUT2D eigenvalue weighted by Crippen LogP contribution is 2.30. The first-order valence-electron chi connectivity index (χ1n) is 8.26. The highest BCUT2D eigenvalue weighted by Gasteiger charge is 2.20. The van der Waals surface area contributed by atoms with Crippen LogP contribution in [0.15, 0.2) is 18.2 Å². The summed E-state index contributed by atoms with van der Waals surface area (Å²) < 4.78 is 0. The van der Waals surface area contributed by atoms with Gasteiger partial charge in [-0.2, -0.15) is 0 Å². The molecule has 0 aliphatic carbocycles. The van der Waals surface area contributed by atoms with Crippen molar-refractivity contribution in [1.29, 1.82) is 0 Å². The minimum absolute atomic E-state index is 0.641. The lowest BCUT2D eigenvalue weighted by Gasteiger charge is -2.27. The van der Waals surface area contributed by atoms with Crippen LogP contribution < -0.4 is 5.32 Å². The Labute approximate surface area is 126 Å². The highest BCUT2D eigenvalue weighted by molar-refractivity contribution is 5.31. The lowest BCUT2D eigenvalue weighted by atomic mass is 9.81. The summed E-state index contributed by atoms with van der Waals surface area (Å²) in [7, 11) is 0. The second-order valence-electron chi connectivity index (χ2n) is 6.66. The van der Waals surface area contributed by atoms with Gasteiger partial charge >= 0.3 is 0 Å². The maximum atomic E-state index is 3.67. The summed E-state index contributed by atoms with van der Waals surface area (Å²) in [5.74, 6) is 2.13. The lowest BCUT2D eigenvalue weighted by Crippen LogP contribution is -2.29. The standard InChI is InChI=1S/C19H33N/c1-7-17(8-2)19(13-20-12-14(3)4)18-10-15(5)9-16(6)11-18/h9-11,14,17,19-20H,7-8,12-13H2,1-6H3. The predicted molar refractivity (Wildman–Crippen MR) is 90.4 cm³/mol. The van der Waals surface area contributed by atoms with Gasteiger partial charge in [0.15, 0.2) is 0 Å². The van der Waals surface area contributed by atoms with Crippen molar-refractivity contribution in [3.63, 3.8) is 0 Å². The van der Waals surface area contributed by atoms with Crippen LogP contribution in [0.4, 0.5) is 0 Å². The molecule has 0 spiro atoms. The van der Waals surface area contributed by atoms with Crippen molar-refractivity contribution in [2.24, 2.45) is 11.8 Å². The number of hydrogen-bond acceptors (Lipinski definition) is 1. The maximum absolute atomic E-state index is 3.67. The van der Waals surface area contributed by atoms with Crippen LogP contribution >= 0.6 is 0 Å². The minimum Gasteiger partial charge on any atom is -0.316 e. The fraction of sp³-hybridized carbons (Fsp3) is 0.684. The topological polar surface area (TPSA) is 12.0 Å². The van der Waals surface area contributed by atoms with E-state index in [2.05, 4.69) is 65.1 Å². The number of aryl methyl sites for hydroxylation is 2. The third-order valence-electron chi connectivity index (χ3n) is 4.21. The molecule has 0 bridgehead atoms. The molecule has 0 aliphatic rings. The van der Waals surface area contributed by atoms with Crippen LogP contribution in [0.3, 0.4) is 0 Å². The molecule has 0 aliphatic heterocycles. The molecule has 0 fully saturated rings. The van der Waals surface area contributed by atoms with Gasteiger partial charge in [-0.25, -0.2) is 0 Å². The van der Waals surface area contributed by atoms with Gasteiger partial charge in [-0.3, -0.25) is 0 Å². The summed E-state index contributed by atoms with van der Waals surface area (Å²) in [6.45, 7) is 15.8. The van der Waals surface area contributed by atoms with E-state index in [1.807, 2.05) is 0 Å². The average molecular weight is 275 g/mol. The van der Waals surface area contributed by atoms with Crippen LogP contribution in [0, 0.1) is 25.7 Å². The van der Waals surface area contributed by atoms with Crippen LogP contribution in [-0.4, -0.2) is 13.1 Å². The Morgan fingerprint density at radius 1 is 0.900 bits per heavy atom. The summed E-state index contributed by atoms with van der Waals surface area (Å²) >= 11 is 0. The molecule has 0 saturated heterocycles. The predicted octanol–water partition coefficient (Wildman–Crippen LogP) is 5.07. The van der Waals surface area contributed by atoms with E-state index in [0.29, 0.717) is 5.92 Å². The summed E-state index contributed by atoms with van der Waals surface area (Å²) in [6, 6.07) is 7.04. The molecule has 114 valence electrons. The molecule has 1 aromatic rings. The van der Waals surface area contributed by atoms with Gasteiger partial charge in [-0.15, -0.1) is 0 Å². The minimum atomic E-state index is 0.641. The smallest absolute Gasteiger partial charge is 0.00229 e. The van der Waals surface area contributed by atoms with E-state index in [1.165, 1.54) is 29.5 Å². The first kappa shape index (κ1) is 17.2. The molecule has 1 atom stereocenters. The van der Waals surface area contributed by atoms with Crippen molar-refractivity contribution in [2.45, 2.75) is 60.3 Å². The third-order valence-corrected chi connectivity index (χ3v) is 4.21. The Morgan fingerprint density at radius 2 is 1.45 bits per heavy atom. The van der Waals surface area contributed by atoms with Crippen molar-refractivity contribution in [2.75, 3.05) is 13.1 Å². The Balaban J connectivity index is 2.90. The molecule has 1 unspecified atom stereocenters. The Kier molecular flexibility index (Phi) is 7.29. The molecule has 0 saturated carbocycles. The first-order valence-corrected chi connectivity index (χ1v) is 8.26. The fourth-order valence-corrected chi connectivity index (χ4v) is 3.17. The van der Waals surface area contributed by atoms with Gasteiger partial charge in [-0.1, -0.05) is 69.9 Å². The molecule has 0 heterocycles. The molecular weight excluding hydrogens is 242 g/mol. The molecule has 20 heavy (non-hydrogen) atoms. The van der Waals surface area contributed by atoms with Crippen LogP contribution in [-0.2, 0) is 0 Å². The molecule has 0 radical (unpaired) electrons. The third kappa shape index (κ3) is 5.28. The number of rotatable bonds is 8. The van der Waals surface area contributed by atoms with Crippen LogP contribution in [0.5, 0.6) is 0 Å². The van der Waals surface area contributed by atoms with Crippen molar-refractivity contribution >= 4 is 0 Å². The van der Waals surface area contributed by atoms with Crippen molar-refractivity contribution in [3.05, 3.63) is 34.9 Å². The van der Waals surface area contributed by atoms with Crippen LogP contribution in [0.2, 0.25) is 0 Å². The zero-order valence-electron chi connectivity index (χ0n) is 14.3. The van der Waals surface area contributed by atoms with E-state index < -0.39 is 0 Å². The summed E-state index contributed by atoms with van der Waals surface area (Å²) in [4.78, 5) is 0. The summed E-state index contributed by atoms with van der Waals surface area (Å²) in [5, 5.41) is 3.67. The SMILES string of the molecule is CCC(CC)C(CNCC(C)C)c1cc(C)cc(C)c1. The van der Waals surface area contributed by atoms with E-state index >= 15 is 0 Å². The highest BCUT2D eigenvalue weighted by atomic mass is 14.9. The van der Waals surface area contributed by atoms with E-state index in [-0.39, 0.29) is 0 Å². The van der Waals surface area contributed by atoms with Crippen molar-refractivity contribution in [1.82, 2.24) is 5.32 Å². The molecule has 1 nitrogen and oxygen atoms in total. The average Bonchev–Trinajstić information content (AvgIpc) is 2.36.